The Morgan fingerprint density at radius 3 is 2.81 bits per heavy atom. The van der Waals surface area contributed by atoms with Gasteiger partial charge in [0.05, 0.1) is 0 Å². The summed E-state index contributed by atoms with van der Waals surface area (Å²) in [7, 11) is 0. The van der Waals surface area contributed by atoms with E-state index in [4.69, 9.17) is 9.47 Å². The zero-order valence-corrected chi connectivity index (χ0v) is 13.4. The second kappa shape index (κ2) is 6.64. The first-order valence-electron chi connectivity index (χ1n) is 6.57. The fourth-order valence-electron chi connectivity index (χ4n) is 1.75. The summed E-state index contributed by atoms with van der Waals surface area (Å²) in [4.78, 5) is 12.0. The van der Waals surface area contributed by atoms with Crippen LogP contribution in [0.3, 0.4) is 0 Å². The zero-order valence-electron chi connectivity index (χ0n) is 11.8. The quantitative estimate of drug-likeness (QED) is 0.669. The lowest BCUT2D eigenvalue weighted by Gasteiger charge is -2.10. The summed E-state index contributed by atoms with van der Waals surface area (Å²) in [6, 6.07) is 5.45. The first kappa shape index (κ1) is 15.4. The topological polar surface area (TPSA) is 71.4 Å². The molecule has 1 aromatic carbocycles. The van der Waals surface area contributed by atoms with Crippen LogP contribution in [-0.2, 0) is 4.79 Å². The minimum Gasteiger partial charge on any atom is -0.454 e. The van der Waals surface area contributed by atoms with Crippen LogP contribution < -0.4 is 14.8 Å². The Bertz CT molecular complexity index is 635. The molecule has 5 nitrogen and oxygen atoms in total. The number of amides is 1. The van der Waals surface area contributed by atoms with Gasteiger partial charge in [-0.1, -0.05) is 22.9 Å². The van der Waals surface area contributed by atoms with Gasteiger partial charge in [-0.2, -0.15) is 5.26 Å². The fourth-order valence-corrected chi connectivity index (χ4v) is 2.19. The van der Waals surface area contributed by atoms with Crippen LogP contribution in [0.1, 0.15) is 25.8 Å². The lowest BCUT2D eigenvalue weighted by molar-refractivity contribution is -0.117. The van der Waals surface area contributed by atoms with Crippen LogP contribution in [0.5, 0.6) is 11.5 Å². The van der Waals surface area contributed by atoms with Crippen molar-refractivity contribution in [2.45, 2.75) is 26.3 Å². The molecule has 0 unspecified atom stereocenters. The average Bonchev–Trinajstić information content (AvgIpc) is 2.91. The third-order valence-electron chi connectivity index (χ3n) is 3.15. The molecule has 1 atom stereocenters. The summed E-state index contributed by atoms with van der Waals surface area (Å²) >= 11 is 3.40. The molecule has 0 fully saturated rings. The zero-order chi connectivity index (χ0) is 15.4. The number of carbonyl (C=O) groups is 1. The molecule has 0 saturated heterocycles. The maximum atomic E-state index is 12.0. The smallest absolute Gasteiger partial charge is 0.262 e. The van der Waals surface area contributed by atoms with Gasteiger partial charge in [0.1, 0.15) is 11.6 Å². The molecule has 110 valence electrons. The van der Waals surface area contributed by atoms with E-state index in [-0.39, 0.29) is 24.3 Å². The van der Waals surface area contributed by atoms with Crippen molar-refractivity contribution in [3.05, 3.63) is 27.7 Å². The molecule has 0 bridgehead atoms. The second-order valence-electron chi connectivity index (χ2n) is 4.68. The summed E-state index contributed by atoms with van der Waals surface area (Å²) in [5.74, 6) is 0.863. The SMILES string of the molecule is CC[C@H](C)NC(=O)/C(C#N)=C/c1cc2c(cc1Br)OCO2. The van der Waals surface area contributed by atoms with Gasteiger partial charge in [0, 0.05) is 10.5 Å². The highest BCUT2D eigenvalue weighted by molar-refractivity contribution is 9.10. The number of fused-ring (bicyclic) bond motifs is 1. The molecule has 21 heavy (non-hydrogen) atoms. The van der Waals surface area contributed by atoms with E-state index >= 15 is 0 Å². The number of nitrogens with zero attached hydrogens (tertiary/aromatic N) is 1. The largest absolute Gasteiger partial charge is 0.454 e. The van der Waals surface area contributed by atoms with Crippen molar-refractivity contribution in [3.63, 3.8) is 0 Å². The van der Waals surface area contributed by atoms with Crippen molar-refractivity contribution in [2.75, 3.05) is 6.79 Å². The lowest BCUT2D eigenvalue weighted by atomic mass is 10.1. The molecule has 0 aliphatic carbocycles. The summed E-state index contributed by atoms with van der Waals surface area (Å²) < 4.78 is 11.3. The van der Waals surface area contributed by atoms with Gasteiger partial charge in [-0.3, -0.25) is 4.79 Å². The van der Waals surface area contributed by atoms with Crippen LogP contribution in [0.15, 0.2) is 22.2 Å². The van der Waals surface area contributed by atoms with Crippen LogP contribution in [-0.4, -0.2) is 18.7 Å². The molecule has 1 N–H and O–H groups in total. The molecule has 1 aromatic rings. The van der Waals surface area contributed by atoms with Gasteiger partial charge in [-0.15, -0.1) is 0 Å². The highest BCUT2D eigenvalue weighted by Crippen LogP contribution is 2.37. The van der Waals surface area contributed by atoms with Gasteiger partial charge in [0.25, 0.3) is 5.91 Å². The Labute approximate surface area is 131 Å². The van der Waals surface area contributed by atoms with Gasteiger partial charge < -0.3 is 14.8 Å². The number of carbonyl (C=O) groups excluding carboxylic acids is 1. The average molecular weight is 351 g/mol. The van der Waals surface area contributed by atoms with E-state index in [2.05, 4.69) is 21.2 Å². The van der Waals surface area contributed by atoms with Gasteiger partial charge in [-0.25, -0.2) is 0 Å². The molecular formula is C15H15BrN2O3. The first-order chi connectivity index (χ1) is 10.0. The van der Waals surface area contributed by atoms with E-state index in [1.165, 1.54) is 6.08 Å². The van der Waals surface area contributed by atoms with E-state index in [0.29, 0.717) is 17.1 Å². The van der Waals surface area contributed by atoms with Crippen molar-refractivity contribution in [1.29, 1.82) is 5.26 Å². The number of rotatable bonds is 4. The molecule has 0 radical (unpaired) electrons. The minimum atomic E-state index is -0.378. The third-order valence-corrected chi connectivity index (χ3v) is 3.83. The van der Waals surface area contributed by atoms with Crippen molar-refractivity contribution < 1.29 is 14.3 Å². The van der Waals surface area contributed by atoms with Gasteiger partial charge in [-0.05, 0) is 37.1 Å². The van der Waals surface area contributed by atoms with Crippen molar-refractivity contribution in [2.24, 2.45) is 0 Å². The second-order valence-corrected chi connectivity index (χ2v) is 5.53. The maximum absolute atomic E-state index is 12.0. The number of ether oxygens (including phenoxy) is 2. The summed E-state index contributed by atoms with van der Waals surface area (Å²) in [5, 5.41) is 11.9. The highest BCUT2D eigenvalue weighted by atomic mass is 79.9. The number of halogens is 1. The van der Waals surface area contributed by atoms with Crippen LogP contribution in [0.2, 0.25) is 0 Å². The summed E-state index contributed by atoms with van der Waals surface area (Å²) in [6.07, 6.45) is 2.34. The van der Waals surface area contributed by atoms with E-state index in [0.717, 1.165) is 10.9 Å². The molecule has 2 rings (SSSR count). The van der Waals surface area contributed by atoms with E-state index in [1.54, 1.807) is 12.1 Å². The fraction of sp³-hybridized carbons (Fsp3) is 0.333. The third kappa shape index (κ3) is 3.56. The Morgan fingerprint density at radius 1 is 1.52 bits per heavy atom. The monoisotopic (exact) mass is 350 g/mol. The first-order valence-corrected chi connectivity index (χ1v) is 7.36. The van der Waals surface area contributed by atoms with Crippen molar-refractivity contribution in [3.8, 4) is 17.6 Å². The number of hydrogen-bond acceptors (Lipinski definition) is 4. The number of benzene rings is 1. The molecular weight excluding hydrogens is 336 g/mol. The Morgan fingerprint density at radius 2 is 2.19 bits per heavy atom. The van der Waals surface area contributed by atoms with Crippen LogP contribution in [0.25, 0.3) is 6.08 Å². The predicted octanol–water partition coefficient (Wildman–Crippen LogP) is 3.00. The van der Waals surface area contributed by atoms with Crippen molar-refractivity contribution in [1.82, 2.24) is 5.32 Å². The van der Waals surface area contributed by atoms with Gasteiger partial charge in [0.15, 0.2) is 11.5 Å². The van der Waals surface area contributed by atoms with E-state index in [9.17, 15) is 10.1 Å². The van der Waals surface area contributed by atoms with Gasteiger partial charge >= 0.3 is 0 Å². The molecule has 1 heterocycles. The molecule has 0 saturated carbocycles. The Kier molecular flexibility index (Phi) is 4.86. The summed E-state index contributed by atoms with van der Waals surface area (Å²) in [5.41, 5.74) is 0.741. The van der Waals surface area contributed by atoms with Crippen LogP contribution in [0, 0.1) is 11.3 Å². The standard InChI is InChI=1S/C15H15BrN2O3/c1-3-9(2)18-15(19)11(7-17)4-10-5-13-14(6-12(10)16)21-8-20-13/h4-6,9H,3,8H2,1-2H3,(H,18,19)/b11-4+/t9-/m0/s1. The normalized spacial score (nSPS) is 14.5. The number of nitrogens with one attached hydrogen (secondary N) is 1. The minimum absolute atomic E-state index is 0.0226. The number of nitriles is 1. The summed E-state index contributed by atoms with van der Waals surface area (Å²) in [6.45, 7) is 4.03. The van der Waals surface area contributed by atoms with Crippen LogP contribution >= 0.6 is 15.9 Å². The molecule has 1 aliphatic heterocycles. The van der Waals surface area contributed by atoms with Crippen LogP contribution in [0.4, 0.5) is 0 Å². The molecule has 1 aliphatic rings. The number of hydrogen-bond donors (Lipinski definition) is 1. The van der Waals surface area contributed by atoms with Crippen molar-refractivity contribution >= 4 is 27.9 Å². The van der Waals surface area contributed by atoms with Gasteiger partial charge in [0.2, 0.25) is 6.79 Å². The maximum Gasteiger partial charge on any atom is 0.262 e. The Balaban J connectivity index is 2.28. The molecule has 6 heteroatoms. The highest BCUT2D eigenvalue weighted by Gasteiger charge is 2.17. The molecule has 0 spiro atoms. The molecule has 1 amide bonds. The lowest BCUT2D eigenvalue weighted by Crippen LogP contribution is -2.32. The molecule has 0 aromatic heterocycles. The van der Waals surface area contributed by atoms with E-state index < -0.39 is 0 Å². The predicted molar refractivity (Wildman–Crippen MR) is 81.8 cm³/mol. The van der Waals surface area contributed by atoms with E-state index in [1.807, 2.05) is 19.9 Å². The Hall–Kier alpha value is -2.00.